The SMILES string of the molecule is CCC(C)(C#N)C(=O)NCc1ccc(S(N)(=O)=O)cc1. The summed E-state index contributed by atoms with van der Waals surface area (Å²) in [6.45, 7) is 3.57. The predicted molar refractivity (Wildman–Crippen MR) is 73.7 cm³/mol. The number of carbonyl (C=O) groups is 1. The highest BCUT2D eigenvalue weighted by Gasteiger charge is 2.30. The molecule has 0 saturated carbocycles. The number of hydrogen-bond donors (Lipinski definition) is 2. The fourth-order valence-corrected chi connectivity index (χ4v) is 1.98. The maximum Gasteiger partial charge on any atom is 0.240 e. The van der Waals surface area contributed by atoms with Crippen molar-refractivity contribution in [2.45, 2.75) is 31.7 Å². The first-order chi connectivity index (χ1) is 9.23. The van der Waals surface area contributed by atoms with Crippen LogP contribution in [0, 0.1) is 16.7 Å². The molecule has 108 valence electrons. The van der Waals surface area contributed by atoms with Gasteiger partial charge in [0.25, 0.3) is 0 Å². The molecule has 0 heterocycles. The van der Waals surface area contributed by atoms with Crippen LogP contribution in [0.4, 0.5) is 0 Å². The Morgan fingerprint density at radius 1 is 1.40 bits per heavy atom. The second kappa shape index (κ2) is 6.03. The molecule has 7 heteroatoms. The zero-order valence-corrected chi connectivity index (χ0v) is 12.2. The van der Waals surface area contributed by atoms with Crippen molar-refractivity contribution in [3.8, 4) is 6.07 Å². The second-order valence-electron chi connectivity index (χ2n) is 4.67. The number of rotatable bonds is 5. The molecule has 0 aromatic heterocycles. The van der Waals surface area contributed by atoms with E-state index in [0.717, 1.165) is 5.56 Å². The van der Waals surface area contributed by atoms with Crippen LogP contribution in [0.2, 0.25) is 0 Å². The van der Waals surface area contributed by atoms with Crippen LogP contribution in [-0.4, -0.2) is 14.3 Å². The molecule has 0 aliphatic rings. The summed E-state index contributed by atoms with van der Waals surface area (Å²) >= 11 is 0. The van der Waals surface area contributed by atoms with Gasteiger partial charge in [0.05, 0.1) is 11.0 Å². The van der Waals surface area contributed by atoms with Crippen molar-refractivity contribution >= 4 is 15.9 Å². The summed E-state index contributed by atoms with van der Waals surface area (Å²) in [5, 5.41) is 16.6. The van der Waals surface area contributed by atoms with Gasteiger partial charge in [0.15, 0.2) is 0 Å². The average Bonchev–Trinajstić information content (AvgIpc) is 2.43. The Labute approximate surface area is 118 Å². The Morgan fingerprint density at radius 2 is 1.95 bits per heavy atom. The fourth-order valence-electron chi connectivity index (χ4n) is 1.46. The normalized spacial score (nSPS) is 14.1. The topological polar surface area (TPSA) is 113 Å². The standard InChI is InChI=1S/C13H17N3O3S/c1-3-13(2,9-14)12(17)16-8-10-4-6-11(7-5-10)20(15,18)19/h4-7H,3,8H2,1-2H3,(H,16,17)(H2,15,18,19). The summed E-state index contributed by atoms with van der Waals surface area (Å²) in [4.78, 5) is 11.9. The minimum Gasteiger partial charge on any atom is -0.351 e. The molecule has 0 spiro atoms. The highest BCUT2D eigenvalue weighted by atomic mass is 32.2. The van der Waals surface area contributed by atoms with Gasteiger partial charge in [0, 0.05) is 6.54 Å². The molecule has 1 unspecified atom stereocenters. The smallest absolute Gasteiger partial charge is 0.240 e. The first-order valence-corrected chi connectivity index (χ1v) is 7.59. The fraction of sp³-hybridized carbons (Fsp3) is 0.385. The third-order valence-electron chi connectivity index (χ3n) is 3.16. The minimum absolute atomic E-state index is 0.0167. The van der Waals surface area contributed by atoms with E-state index in [1.165, 1.54) is 12.1 Å². The molecule has 6 nitrogen and oxygen atoms in total. The van der Waals surface area contributed by atoms with Crippen molar-refractivity contribution < 1.29 is 13.2 Å². The second-order valence-corrected chi connectivity index (χ2v) is 6.23. The number of amides is 1. The molecular formula is C13H17N3O3S. The van der Waals surface area contributed by atoms with E-state index in [4.69, 9.17) is 10.4 Å². The van der Waals surface area contributed by atoms with E-state index in [-0.39, 0.29) is 17.3 Å². The molecule has 1 aromatic rings. The van der Waals surface area contributed by atoms with Crippen LogP contribution in [0.1, 0.15) is 25.8 Å². The summed E-state index contributed by atoms with van der Waals surface area (Å²) in [7, 11) is -3.71. The molecule has 3 N–H and O–H groups in total. The van der Waals surface area contributed by atoms with Crippen LogP contribution in [0.3, 0.4) is 0 Å². The Balaban J connectivity index is 2.73. The third-order valence-corrected chi connectivity index (χ3v) is 4.09. The molecule has 1 rings (SSSR count). The Bertz CT molecular complexity index is 632. The number of hydrogen-bond acceptors (Lipinski definition) is 4. The van der Waals surface area contributed by atoms with Gasteiger partial charge in [-0.25, -0.2) is 13.6 Å². The lowest BCUT2D eigenvalue weighted by molar-refractivity contribution is -0.127. The molecule has 0 saturated heterocycles. The number of nitrogens with one attached hydrogen (secondary N) is 1. The summed E-state index contributed by atoms with van der Waals surface area (Å²) in [6, 6.07) is 7.87. The largest absolute Gasteiger partial charge is 0.351 e. The number of sulfonamides is 1. The lowest BCUT2D eigenvalue weighted by Crippen LogP contribution is -2.37. The van der Waals surface area contributed by atoms with Gasteiger partial charge in [-0.2, -0.15) is 5.26 Å². The minimum atomic E-state index is -3.71. The van der Waals surface area contributed by atoms with Crippen molar-refractivity contribution in [1.29, 1.82) is 5.26 Å². The summed E-state index contributed by atoms with van der Waals surface area (Å²) in [6.07, 6.45) is 0.416. The van der Waals surface area contributed by atoms with Crippen molar-refractivity contribution in [2.75, 3.05) is 0 Å². The van der Waals surface area contributed by atoms with Crippen LogP contribution in [0.5, 0.6) is 0 Å². The third kappa shape index (κ3) is 3.79. The van der Waals surface area contributed by atoms with Crippen LogP contribution < -0.4 is 10.5 Å². The molecule has 0 aliphatic carbocycles. The van der Waals surface area contributed by atoms with Crippen LogP contribution in [-0.2, 0) is 21.4 Å². The molecule has 1 atom stereocenters. The van der Waals surface area contributed by atoms with Gasteiger partial charge >= 0.3 is 0 Å². The van der Waals surface area contributed by atoms with E-state index in [2.05, 4.69) is 5.32 Å². The van der Waals surface area contributed by atoms with E-state index in [1.54, 1.807) is 26.0 Å². The van der Waals surface area contributed by atoms with E-state index in [9.17, 15) is 13.2 Å². The van der Waals surface area contributed by atoms with Crippen molar-refractivity contribution in [1.82, 2.24) is 5.32 Å². The quantitative estimate of drug-likeness (QED) is 0.839. The Morgan fingerprint density at radius 3 is 2.35 bits per heavy atom. The van der Waals surface area contributed by atoms with E-state index < -0.39 is 15.4 Å². The summed E-state index contributed by atoms with van der Waals surface area (Å²) in [5.41, 5.74) is -0.331. The maximum absolute atomic E-state index is 11.9. The van der Waals surface area contributed by atoms with Crippen LogP contribution in [0.25, 0.3) is 0 Å². The molecule has 0 aliphatic heterocycles. The molecule has 0 bridgehead atoms. The first-order valence-electron chi connectivity index (χ1n) is 6.04. The number of benzene rings is 1. The van der Waals surface area contributed by atoms with Gasteiger partial charge in [0.1, 0.15) is 5.41 Å². The lowest BCUT2D eigenvalue weighted by atomic mass is 9.88. The molecular weight excluding hydrogens is 278 g/mol. The Kier molecular flexibility index (Phi) is 4.87. The van der Waals surface area contributed by atoms with Gasteiger partial charge < -0.3 is 5.32 Å². The van der Waals surface area contributed by atoms with Crippen molar-refractivity contribution in [2.24, 2.45) is 10.6 Å². The monoisotopic (exact) mass is 295 g/mol. The summed E-state index contributed by atoms with van der Waals surface area (Å²) in [5.74, 6) is -0.349. The van der Waals surface area contributed by atoms with Crippen molar-refractivity contribution in [3.05, 3.63) is 29.8 Å². The van der Waals surface area contributed by atoms with Gasteiger partial charge in [-0.3, -0.25) is 4.79 Å². The number of carbonyl (C=O) groups excluding carboxylic acids is 1. The molecule has 1 amide bonds. The van der Waals surface area contributed by atoms with Gasteiger partial charge in [0.2, 0.25) is 15.9 Å². The highest BCUT2D eigenvalue weighted by Crippen LogP contribution is 2.19. The molecule has 0 radical (unpaired) electrons. The zero-order chi connectivity index (χ0) is 15.4. The zero-order valence-electron chi connectivity index (χ0n) is 11.4. The predicted octanol–water partition coefficient (Wildman–Crippen LogP) is 0.890. The van der Waals surface area contributed by atoms with Crippen LogP contribution >= 0.6 is 0 Å². The van der Waals surface area contributed by atoms with Gasteiger partial charge in [-0.15, -0.1) is 0 Å². The number of nitrogens with two attached hydrogens (primary N) is 1. The van der Waals surface area contributed by atoms with Crippen LogP contribution in [0.15, 0.2) is 29.2 Å². The van der Waals surface area contributed by atoms with Crippen molar-refractivity contribution in [3.63, 3.8) is 0 Å². The van der Waals surface area contributed by atoms with Gasteiger partial charge in [-0.1, -0.05) is 19.1 Å². The number of nitriles is 1. The Hall–Kier alpha value is -1.91. The molecule has 20 heavy (non-hydrogen) atoms. The van der Waals surface area contributed by atoms with Gasteiger partial charge in [-0.05, 0) is 31.0 Å². The number of nitrogens with zero attached hydrogens (tertiary/aromatic N) is 1. The van der Waals surface area contributed by atoms with E-state index in [1.807, 2.05) is 6.07 Å². The number of primary sulfonamides is 1. The highest BCUT2D eigenvalue weighted by molar-refractivity contribution is 7.89. The van der Waals surface area contributed by atoms with E-state index in [0.29, 0.717) is 6.42 Å². The summed E-state index contributed by atoms with van der Waals surface area (Å²) < 4.78 is 22.2. The maximum atomic E-state index is 11.9. The lowest BCUT2D eigenvalue weighted by Gasteiger charge is -2.18. The average molecular weight is 295 g/mol. The molecule has 0 fully saturated rings. The first kappa shape index (κ1) is 16.1. The van der Waals surface area contributed by atoms with E-state index >= 15 is 0 Å². The molecule has 1 aromatic carbocycles.